The van der Waals surface area contributed by atoms with Gasteiger partial charge < -0.3 is 9.47 Å². The topological polar surface area (TPSA) is 52.6 Å². The number of esters is 2. The first-order valence-electron chi connectivity index (χ1n) is 6.63. The molecule has 21 heavy (non-hydrogen) atoms. The fraction of sp³-hybridized carbons (Fsp3) is 0.375. The van der Waals surface area contributed by atoms with E-state index < -0.39 is 18.1 Å². The number of halogens is 1. The molecule has 0 N–H and O–H groups in total. The van der Waals surface area contributed by atoms with Gasteiger partial charge in [0.2, 0.25) is 0 Å². The summed E-state index contributed by atoms with van der Waals surface area (Å²) < 4.78 is 24.1. The first-order chi connectivity index (χ1) is 9.92. The summed E-state index contributed by atoms with van der Waals surface area (Å²) in [5.41, 5.74) is -0.243. The summed E-state index contributed by atoms with van der Waals surface area (Å²) in [5.74, 6) is -1.48. The fourth-order valence-electron chi connectivity index (χ4n) is 1.65. The van der Waals surface area contributed by atoms with Gasteiger partial charge in [0.25, 0.3) is 0 Å². The molecule has 0 aromatic heterocycles. The van der Waals surface area contributed by atoms with Crippen LogP contribution in [0.1, 0.15) is 42.4 Å². The maximum Gasteiger partial charge on any atom is 0.338 e. The molecule has 0 heterocycles. The Hall–Kier alpha value is -2.17. The van der Waals surface area contributed by atoms with Crippen LogP contribution in [-0.4, -0.2) is 25.2 Å². The molecule has 5 heteroatoms. The molecule has 4 nitrogen and oxygen atoms in total. The largest absolute Gasteiger partial charge is 0.465 e. The number of benzene rings is 1. The number of carbonyl (C=O) groups is 2. The second-order valence-electron chi connectivity index (χ2n) is 4.59. The monoisotopic (exact) mass is 294 g/mol. The summed E-state index contributed by atoms with van der Waals surface area (Å²) in [7, 11) is 1.21. The number of rotatable bonds is 6. The van der Waals surface area contributed by atoms with Gasteiger partial charge in [0, 0.05) is 5.56 Å². The van der Waals surface area contributed by atoms with Crippen molar-refractivity contribution in [3.8, 4) is 0 Å². The highest BCUT2D eigenvalue weighted by Crippen LogP contribution is 2.29. The molecule has 1 aromatic rings. The van der Waals surface area contributed by atoms with Gasteiger partial charge in [0.05, 0.1) is 24.4 Å². The van der Waals surface area contributed by atoms with Gasteiger partial charge in [-0.3, -0.25) is 0 Å². The van der Waals surface area contributed by atoms with Crippen LogP contribution in [0, 0.1) is 0 Å². The van der Waals surface area contributed by atoms with Crippen LogP contribution in [0.15, 0.2) is 36.4 Å². The summed E-state index contributed by atoms with van der Waals surface area (Å²) in [6.07, 6.45) is -1.52. The lowest BCUT2D eigenvalue weighted by molar-refractivity contribution is -0.144. The number of ether oxygens (including phenoxy) is 2. The number of hydrogen-bond donors (Lipinski definition) is 0. The molecule has 0 spiro atoms. The first kappa shape index (κ1) is 16.9. The van der Waals surface area contributed by atoms with Crippen LogP contribution in [0.5, 0.6) is 0 Å². The Labute approximate surface area is 123 Å². The van der Waals surface area contributed by atoms with Crippen molar-refractivity contribution in [1.29, 1.82) is 0 Å². The first-order valence-corrected chi connectivity index (χ1v) is 6.63. The van der Waals surface area contributed by atoms with E-state index in [1.54, 1.807) is 19.1 Å². The lowest BCUT2D eigenvalue weighted by Gasteiger charge is -2.16. The van der Waals surface area contributed by atoms with Crippen molar-refractivity contribution in [3.05, 3.63) is 47.5 Å². The summed E-state index contributed by atoms with van der Waals surface area (Å²) >= 11 is 0. The SMILES string of the molecule is C=C(C(=O)OC(C)CC)C(F)c1ccccc1C(=O)OC. The molecule has 0 fully saturated rings. The Morgan fingerprint density at radius 3 is 2.52 bits per heavy atom. The Bertz CT molecular complexity index is 539. The molecule has 114 valence electrons. The van der Waals surface area contributed by atoms with Gasteiger partial charge >= 0.3 is 11.9 Å². The molecule has 0 radical (unpaired) electrons. The zero-order valence-electron chi connectivity index (χ0n) is 12.4. The van der Waals surface area contributed by atoms with Gasteiger partial charge in [-0.15, -0.1) is 0 Å². The van der Waals surface area contributed by atoms with Crippen LogP contribution < -0.4 is 0 Å². The van der Waals surface area contributed by atoms with Crippen molar-refractivity contribution in [3.63, 3.8) is 0 Å². The summed E-state index contributed by atoms with van der Waals surface area (Å²) in [4.78, 5) is 23.4. The zero-order valence-corrected chi connectivity index (χ0v) is 12.4. The average Bonchev–Trinajstić information content (AvgIpc) is 2.52. The van der Waals surface area contributed by atoms with Gasteiger partial charge in [-0.1, -0.05) is 31.7 Å². The van der Waals surface area contributed by atoms with E-state index in [9.17, 15) is 14.0 Å². The Morgan fingerprint density at radius 1 is 1.33 bits per heavy atom. The van der Waals surface area contributed by atoms with Gasteiger partial charge in [-0.2, -0.15) is 0 Å². The van der Waals surface area contributed by atoms with Crippen LogP contribution in [0.3, 0.4) is 0 Å². The molecule has 1 rings (SSSR count). The Kier molecular flexibility index (Phi) is 6.09. The third-order valence-electron chi connectivity index (χ3n) is 3.09. The standard InChI is InChI=1S/C16H19FO4/c1-5-10(2)21-15(18)11(3)14(17)12-8-6-7-9-13(12)16(19)20-4/h6-10,14H,3,5H2,1-2,4H3. The molecular weight excluding hydrogens is 275 g/mol. The highest BCUT2D eigenvalue weighted by Gasteiger charge is 2.26. The van der Waals surface area contributed by atoms with Crippen molar-refractivity contribution >= 4 is 11.9 Å². The van der Waals surface area contributed by atoms with Crippen molar-refractivity contribution in [2.45, 2.75) is 32.5 Å². The molecule has 0 amide bonds. The number of alkyl halides is 1. The van der Waals surface area contributed by atoms with Crippen LogP contribution >= 0.6 is 0 Å². The van der Waals surface area contributed by atoms with Crippen molar-refractivity contribution in [2.75, 3.05) is 7.11 Å². The Balaban J connectivity index is 2.98. The minimum absolute atomic E-state index is 0.0375. The van der Waals surface area contributed by atoms with E-state index in [4.69, 9.17) is 4.74 Å². The maximum atomic E-state index is 14.5. The number of carbonyl (C=O) groups excluding carboxylic acids is 2. The van der Waals surface area contributed by atoms with Crippen molar-refractivity contribution in [1.82, 2.24) is 0 Å². The highest BCUT2D eigenvalue weighted by atomic mass is 19.1. The maximum absolute atomic E-state index is 14.5. The quantitative estimate of drug-likeness (QED) is 0.596. The van der Waals surface area contributed by atoms with Crippen LogP contribution in [-0.2, 0) is 14.3 Å². The highest BCUT2D eigenvalue weighted by molar-refractivity contribution is 5.93. The molecule has 1 aromatic carbocycles. The van der Waals surface area contributed by atoms with Crippen LogP contribution in [0.25, 0.3) is 0 Å². The second-order valence-corrected chi connectivity index (χ2v) is 4.59. The molecule has 0 saturated heterocycles. The third-order valence-corrected chi connectivity index (χ3v) is 3.09. The van der Waals surface area contributed by atoms with E-state index in [-0.39, 0.29) is 22.8 Å². The third kappa shape index (κ3) is 4.15. The van der Waals surface area contributed by atoms with Gasteiger partial charge in [0.1, 0.15) is 0 Å². The zero-order chi connectivity index (χ0) is 16.0. The van der Waals surface area contributed by atoms with Gasteiger partial charge in [-0.25, -0.2) is 14.0 Å². The predicted octanol–water partition coefficient (Wildman–Crippen LogP) is 3.38. The lowest BCUT2D eigenvalue weighted by Crippen LogP contribution is -2.18. The van der Waals surface area contributed by atoms with Crippen LogP contribution in [0.2, 0.25) is 0 Å². The Morgan fingerprint density at radius 2 is 1.95 bits per heavy atom. The molecule has 2 atom stereocenters. The minimum atomic E-state index is -1.82. The molecular formula is C16H19FO4. The van der Waals surface area contributed by atoms with E-state index in [0.717, 1.165) is 0 Å². The van der Waals surface area contributed by atoms with E-state index >= 15 is 0 Å². The molecule has 0 saturated carbocycles. The van der Waals surface area contributed by atoms with E-state index in [1.807, 2.05) is 6.92 Å². The smallest absolute Gasteiger partial charge is 0.338 e. The van der Waals surface area contributed by atoms with E-state index in [2.05, 4.69) is 11.3 Å². The van der Waals surface area contributed by atoms with Crippen molar-refractivity contribution < 1.29 is 23.5 Å². The summed E-state index contributed by atoms with van der Waals surface area (Å²) in [5, 5.41) is 0. The minimum Gasteiger partial charge on any atom is -0.465 e. The molecule has 0 aliphatic carbocycles. The summed E-state index contributed by atoms with van der Waals surface area (Å²) in [6.45, 7) is 7.00. The molecule has 2 unspecified atom stereocenters. The average molecular weight is 294 g/mol. The van der Waals surface area contributed by atoms with Crippen LogP contribution in [0.4, 0.5) is 4.39 Å². The number of hydrogen-bond acceptors (Lipinski definition) is 4. The van der Waals surface area contributed by atoms with E-state index in [1.165, 1.54) is 19.2 Å². The van der Waals surface area contributed by atoms with E-state index in [0.29, 0.717) is 6.42 Å². The van der Waals surface area contributed by atoms with Crippen molar-refractivity contribution in [2.24, 2.45) is 0 Å². The molecule has 0 bridgehead atoms. The summed E-state index contributed by atoms with van der Waals surface area (Å²) in [6, 6.07) is 6.00. The number of methoxy groups -OCH3 is 1. The van der Waals surface area contributed by atoms with Gasteiger partial charge in [0.15, 0.2) is 6.17 Å². The second kappa shape index (κ2) is 7.57. The fourth-order valence-corrected chi connectivity index (χ4v) is 1.65. The van der Waals surface area contributed by atoms with Gasteiger partial charge in [-0.05, 0) is 19.4 Å². The lowest BCUT2D eigenvalue weighted by atomic mass is 9.98. The molecule has 0 aliphatic rings. The molecule has 0 aliphatic heterocycles. The normalized spacial score (nSPS) is 13.1. The predicted molar refractivity (Wildman–Crippen MR) is 76.6 cm³/mol.